The minimum atomic E-state index is 0.366. The van der Waals surface area contributed by atoms with Crippen molar-refractivity contribution in [1.29, 1.82) is 0 Å². The maximum atomic E-state index is 5.29. The third-order valence-electron chi connectivity index (χ3n) is 3.89. The van der Waals surface area contributed by atoms with Crippen LogP contribution in [0.1, 0.15) is 29.8 Å². The summed E-state index contributed by atoms with van der Waals surface area (Å²) in [5, 5.41) is 8.17. The van der Waals surface area contributed by atoms with Crippen LogP contribution in [0.25, 0.3) is 0 Å². The molecule has 0 amide bonds. The molecular formula is C18H23N5O2. The Balaban J connectivity index is 1.62. The summed E-state index contributed by atoms with van der Waals surface area (Å²) in [6.45, 7) is 5.61. The monoisotopic (exact) mass is 341 g/mol. The molecular weight excluding hydrogens is 318 g/mol. The van der Waals surface area contributed by atoms with E-state index in [2.05, 4.69) is 51.3 Å². The predicted molar refractivity (Wildman–Crippen MR) is 92.6 cm³/mol. The molecule has 1 aromatic carbocycles. The summed E-state index contributed by atoms with van der Waals surface area (Å²) in [5.41, 5.74) is 2.49. The molecule has 0 aliphatic rings. The summed E-state index contributed by atoms with van der Waals surface area (Å²) in [5.74, 6) is 1.19. The van der Waals surface area contributed by atoms with Crippen LogP contribution in [-0.4, -0.2) is 38.5 Å². The highest BCUT2D eigenvalue weighted by Crippen LogP contribution is 2.12. The van der Waals surface area contributed by atoms with Crippen molar-refractivity contribution < 1.29 is 9.26 Å². The normalized spacial score (nSPS) is 11.3. The molecule has 0 atom stereocenters. The molecule has 0 N–H and O–H groups in total. The SMILES string of the molecule is CCN(Cc1cccc(Cn2cccn2)c1)Cc1nc(COC)no1. The van der Waals surface area contributed by atoms with Gasteiger partial charge in [0.15, 0.2) is 5.82 Å². The molecule has 3 rings (SSSR count). The molecule has 0 aliphatic carbocycles. The van der Waals surface area contributed by atoms with Crippen LogP contribution >= 0.6 is 0 Å². The molecule has 0 unspecified atom stereocenters. The molecule has 3 aromatic rings. The van der Waals surface area contributed by atoms with Gasteiger partial charge < -0.3 is 9.26 Å². The van der Waals surface area contributed by atoms with E-state index in [0.29, 0.717) is 24.9 Å². The van der Waals surface area contributed by atoms with Crippen LogP contribution in [0, 0.1) is 0 Å². The molecule has 0 radical (unpaired) electrons. The Morgan fingerprint density at radius 2 is 2.08 bits per heavy atom. The Labute approximate surface area is 147 Å². The molecule has 25 heavy (non-hydrogen) atoms. The summed E-state index contributed by atoms with van der Waals surface area (Å²) >= 11 is 0. The number of aromatic nitrogens is 4. The van der Waals surface area contributed by atoms with Crippen molar-refractivity contribution in [2.75, 3.05) is 13.7 Å². The minimum Gasteiger partial charge on any atom is -0.377 e. The summed E-state index contributed by atoms with van der Waals surface area (Å²) in [4.78, 5) is 6.60. The standard InChI is InChI=1S/C18H23N5O2/c1-3-22(13-18-20-17(14-24-2)21-25-18)11-15-6-4-7-16(10-15)12-23-9-5-8-19-23/h4-10H,3,11-14H2,1-2H3. The van der Waals surface area contributed by atoms with Crippen molar-refractivity contribution in [3.05, 3.63) is 65.6 Å². The Morgan fingerprint density at radius 3 is 2.84 bits per heavy atom. The molecule has 132 valence electrons. The van der Waals surface area contributed by atoms with Gasteiger partial charge in [-0.2, -0.15) is 10.1 Å². The zero-order valence-corrected chi connectivity index (χ0v) is 14.6. The van der Waals surface area contributed by atoms with Crippen LogP contribution in [0.2, 0.25) is 0 Å². The van der Waals surface area contributed by atoms with Crippen molar-refractivity contribution in [3.8, 4) is 0 Å². The Kier molecular flexibility index (Phi) is 5.92. The van der Waals surface area contributed by atoms with E-state index in [1.165, 1.54) is 11.1 Å². The molecule has 0 aliphatic heterocycles. The van der Waals surface area contributed by atoms with E-state index in [1.807, 2.05) is 16.9 Å². The van der Waals surface area contributed by atoms with Gasteiger partial charge in [-0.3, -0.25) is 9.58 Å². The Hall–Kier alpha value is -2.51. The molecule has 0 bridgehead atoms. The van der Waals surface area contributed by atoms with E-state index in [9.17, 15) is 0 Å². The lowest BCUT2D eigenvalue weighted by molar-refractivity contribution is 0.174. The second-order valence-corrected chi connectivity index (χ2v) is 5.86. The highest BCUT2D eigenvalue weighted by Gasteiger charge is 2.11. The molecule has 0 saturated heterocycles. The van der Waals surface area contributed by atoms with Crippen LogP contribution in [0.3, 0.4) is 0 Å². The van der Waals surface area contributed by atoms with Crippen LogP contribution < -0.4 is 0 Å². The number of benzene rings is 1. The van der Waals surface area contributed by atoms with Crippen LogP contribution in [-0.2, 0) is 31.0 Å². The van der Waals surface area contributed by atoms with Gasteiger partial charge in [0.2, 0.25) is 5.89 Å². The minimum absolute atomic E-state index is 0.366. The smallest absolute Gasteiger partial charge is 0.240 e. The molecule has 2 heterocycles. The summed E-state index contributed by atoms with van der Waals surface area (Å²) < 4.78 is 12.2. The summed E-state index contributed by atoms with van der Waals surface area (Å²) in [6.07, 6.45) is 3.77. The molecule has 2 aromatic heterocycles. The quantitative estimate of drug-likeness (QED) is 0.595. The second kappa shape index (κ2) is 8.55. The fraction of sp³-hybridized carbons (Fsp3) is 0.389. The fourth-order valence-electron chi connectivity index (χ4n) is 2.68. The number of methoxy groups -OCH3 is 1. The zero-order chi connectivity index (χ0) is 17.5. The van der Waals surface area contributed by atoms with Crippen LogP contribution in [0.5, 0.6) is 0 Å². The van der Waals surface area contributed by atoms with Crippen molar-refractivity contribution in [2.45, 2.75) is 33.2 Å². The average molecular weight is 341 g/mol. The number of nitrogens with zero attached hydrogens (tertiary/aromatic N) is 5. The average Bonchev–Trinajstić information content (AvgIpc) is 3.27. The van der Waals surface area contributed by atoms with E-state index < -0.39 is 0 Å². The van der Waals surface area contributed by atoms with Gasteiger partial charge in [-0.05, 0) is 23.7 Å². The zero-order valence-electron chi connectivity index (χ0n) is 14.6. The fourth-order valence-corrected chi connectivity index (χ4v) is 2.68. The van der Waals surface area contributed by atoms with Crippen molar-refractivity contribution in [1.82, 2.24) is 24.8 Å². The molecule has 7 heteroatoms. The Morgan fingerprint density at radius 1 is 1.20 bits per heavy atom. The van der Waals surface area contributed by atoms with Crippen LogP contribution in [0.4, 0.5) is 0 Å². The number of ether oxygens (including phenoxy) is 1. The molecule has 0 saturated carbocycles. The first-order chi connectivity index (χ1) is 12.3. The highest BCUT2D eigenvalue weighted by atomic mass is 16.5. The number of hydrogen-bond acceptors (Lipinski definition) is 6. The van der Waals surface area contributed by atoms with Gasteiger partial charge in [0, 0.05) is 26.0 Å². The largest absolute Gasteiger partial charge is 0.377 e. The highest BCUT2D eigenvalue weighted by molar-refractivity contribution is 5.23. The third kappa shape index (κ3) is 4.98. The lowest BCUT2D eigenvalue weighted by atomic mass is 10.1. The molecule has 0 spiro atoms. The van der Waals surface area contributed by atoms with Gasteiger partial charge in [-0.25, -0.2) is 0 Å². The lowest BCUT2D eigenvalue weighted by Gasteiger charge is -2.18. The summed E-state index contributed by atoms with van der Waals surface area (Å²) in [6, 6.07) is 10.5. The van der Waals surface area contributed by atoms with Gasteiger partial charge in [0.25, 0.3) is 0 Å². The first kappa shape index (κ1) is 17.3. The van der Waals surface area contributed by atoms with E-state index in [1.54, 1.807) is 13.3 Å². The number of hydrogen-bond donors (Lipinski definition) is 0. The Bertz CT molecular complexity index is 769. The third-order valence-corrected chi connectivity index (χ3v) is 3.89. The number of rotatable bonds is 9. The first-order valence-corrected chi connectivity index (χ1v) is 8.35. The van der Waals surface area contributed by atoms with E-state index in [4.69, 9.17) is 9.26 Å². The summed E-state index contributed by atoms with van der Waals surface area (Å²) in [7, 11) is 1.62. The topological polar surface area (TPSA) is 69.2 Å². The van der Waals surface area contributed by atoms with Gasteiger partial charge in [0.05, 0.1) is 13.1 Å². The van der Waals surface area contributed by atoms with E-state index in [0.717, 1.165) is 19.6 Å². The maximum absolute atomic E-state index is 5.29. The van der Waals surface area contributed by atoms with Gasteiger partial charge in [0.1, 0.15) is 6.61 Å². The van der Waals surface area contributed by atoms with Crippen LogP contribution in [0.15, 0.2) is 47.2 Å². The van der Waals surface area contributed by atoms with E-state index >= 15 is 0 Å². The second-order valence-electron chi connectivity index (χ2n) is 5.86. The van der Waals surface area contributed by atoms with Crippen molar-refractivity contribution in [3.63, 3.8) is 0 Å². The molecule has 0 fully saturated rings. The van der Waals surface area contributed by atoms with Gasteiger partial charge >= 0.3 is 0 Å². The van der Waals surface area contributed by atoms with Crippen molar-refractivity contribution >= 4 is 0 Å². The first-order valence-electron chi connectivity index (χ1n) is 8.35. The van der Waals surface area contributed by atoms with Gasteiger partial charge in [-0.15, -0.1) is 0 Å². The van der Waals surface area contributed by atoms with Crippen molar-refractivity contribution in [2.24, 2.45) is 0 Å². The maximum Gasteiger partial charge on any atom is 0.240 e. The predicted octanol–water partition coefficient (Wildman–Crippen LogP) is 2.48. The molecule has 7 nitrogen and oxygen atoms in total. The van der Waals surface area contributed by atoms with Gasteiger partial charge in [-0.1, -0.05) is 36.3 Å². The lowest BCUT2D eigenvalue weighted by Crippen LogP contribution is -2.22. The van der Waals surface area contributed by atoms with E-state index in [-0.39, 0.29) is 0 Å².